The van der Waals surface area contributed by atoms with E-state index in [2.05, 4.69) is 13.8 Å². The Labute approximate surface area is 74.3 Å². The molecule has 70 valence electrons. The van der Waals surface area contributed by atoms with Crippen LogP contribution in [0.5, 0.6) is 0 Å². The third kappa shape index (κ3) is 2.59. The van der Waals surface area contributed by atoms with Crippen LogP contribution < -0.4 is 0 Å². The average molecular weight is 170 g/mol. The van der Waals surface area contributed by atoms with Crippen LogP contribution in [0, 0.1) is 11.8 Å². The molecule has 0 N–H and O–H groups in total. The number of rotatable bonds is 3. The van der Waals surface area contributed by atoms with Gasteiger partial charge in [-0.15, -0.1) is 0 Å². The third-order valence-corrected chi connectivity index (χ3v) is 2.95. The Morgan fingerprint density at radius 1 is 1.33 bits per heavy atom. The topological polar surface area (TPSA) is 26.3 Å². The zero-order valence-corrected chi connectivity index (χ0v) is 7.95. The summed E-state index contributed by atoms with van der Waals surface area (Å²) in [6, 6.07) is 0. The molecule has 1 fully saturated rings. The lowest BCUT2D eigenvalue weighted by molar-refractivity contribution is -0.115. The molecule has 0 spiro atoms. The molecule has 0 saturated heterocycles. The molecular weight excluding hydrogens is 152 g/mol. The standard InChI is InChI=1S/C10H18O2/c1-8-3-4-10(7-9(8)2)12-6-5-11/h5,8-10H,3-4,6-7H2,1-2H3. The van der Waals surface area contributed by atoms with Gasteiger partial charge in [0.2, 0.25) is 0 Å². The number of aldehydes is 1. The van der Waals surface area contributed by atoms with Gasteiger partial charge in [-0.25, -0.2) is 0 Å². The fraction of sp³-hybridized carbons (Fsp3) is 0.900. The minimum Gasteiger partial charge on any atom is -0.371 e. The summed E-state index contributed by atoms with van der Waals surface area (Å²) in [5, 5.41) is 0. The van der Waals surface area contributed by atoms with Gasteiger partial charge in [0.25, 0.3) is 0 Å². The first kappa shape index (κ1) is 9.72. The van der Waals surface area contributed by atoms with Crippen LogP contribution in [0.25, 0.3) is 0 Å². The van der Waals surface area contributed by atoms with Crippen LogP contribution in [-0.2, 0) is 9.53 Å². The first-order valence-corrected chi connectivity index (χ1v) is 4.79. The summed E-state index contributed by atoms with van der Waals surface area (Å²) in [5.41, 5.74) is 0. The Hall–Kier alpha value is -0.370. The molecule has 0 bridgehead atoms. The van der Waals surface area contributed by atoms with Crippen molar-refractivity contribution in [1.82, 2.24) is 0 Å². The maximum atomic E-state index is 10.1. The number of ether oxygens (including phenoxy) is 1. The second-order valence-corrected chi connectivity index (χ2v) is 3.89. The Morgan fingerprint density at radius 2 is 2.08 bits per heavy atom. The van der Waals surface area contributed by atoms with Crippen molar-refractivity contribution in [2.45, 2.75) is 39.2 Å². The van der Waals surface area contributed by atoms with Crippen molar-refractivity contribution in [3.63, 3.8) is 0 Å². The maximum absolute atomic E-state index is 10.1. The van der Waals surface area contributed by atoms with Gasteiger partial charge in [-0.2, -0.15) is 0 Å². The van der Waals surface area contributed by atoms with Crippen LogP contribution in [0.15, 0.2) is 0 Å². The van der Waals surface area contributed by atoms with Gasteiger partial charge in [0.05, 0.1) is 6.10 Å². The monoisotopic (exact) mass is 170 g/mol. The van der Waals surface area contributed by atoms with Gasteiger partial charge in [0.15, 0.2) is 0 Å². The van der Waals surface area contributed by atoms with Crippen LogP contribution in [0.2, 0.25) is 0 Å². The van der Waals surface area contributed by atoms with Gasteiger partial charge >= 0.3 is 0 Å². The second-order valence-electron chi connectivity index (χ2n) is 3.89. The highest BCUT2D eigenvalue weighted by molar-refractivity contribution is 5.50. The summed E-state index contributed by atoms with van der Waals surface area (Å²) >= 11 is 0. The molecule has 3 atom stereocenters. The van der Waals surface area contributed by atoms with Crippen molar-refractivity contribution in [2.24, 2.45) is 11.8 Å². The van der Waals surface area contributed by atoms with Crippen LogP contribution in [0.4, 0.5) is 0 Å². The Balaban J connectivity index is 2.25. The van der Waals surface area contributed by atoms with E-state index in [0.717, 1.165) is 31.0 Å². The number of hydrogen-bond acceptors (Lipinski definition) is 2. The molecule has 0 radical (unpaired) electrons. The molecule has 0 aromatic heterocycles. The molecule has 0 amide bonds. The zero-order chi connectivity index (χ0) is 8.97. The highest BCUT2D eigenvalue weighted by Crippen LogP contribution is 2.30. The normalized spacial score (nSPS) is 36.3. The van der Waals surface area contributed by atoms with Gasteiger partial charge in [0.1, 0.15) is 12.9 Å². The lowest BCUT2D eigenvalue weighted by atomic mass is 9.80. The van der Waals surface area contributed by atoms with E-state index in [1.54, 1.807) is 0 Å². The number of carbonyl (C=O) groups is 1. The fourth-order valence-electron chi connectivity index (χ4n) is 1.82. The van der Waals surface area contributed by atoms with Crippen molar-refractivity contribution >= 4 is 6.29 Å². The summed E-state index contributed by atoms with van der Waals surface area (Å²) in [6.07, 6.45) is 4.66. The van der Waals surface area contributed by atoms with Crippen LogP contribution >= 0.6 is 0 Å². The molecule has 3 unspecified atom stereocenters. The van der Waals surface area contributed by atoms with Crippen molar-refractivity contribution in [1.29, 1.82) is 0 Å². The predicted molar refractivity (Wildman–Crippen MR) is 48.0 cm³/mol. The summed E-state index contributed by atoms with van der Waals surface area (Å²) in [7, 11) is 0. The van der Waals surface area contributed by atoms with Crippen molar-refractivity contribution in [3.05, 3.63) is 0 Å². The quantitative estimate of drug-likeness (QED) is 0.606. The van der Waals surface area contributed by atoms with Gasteiger partial charge < -0.3 is 9.53 Å². The summed E-state index contributed by atoms with van der Waals surface area (Å²) in [6.45, 7) is 4.83. The highest BCUT2D eigenvalue weighted by Gasteiger charge is 2.24. The highest BCUT2D eigenvalue weighted by atomic mass is 16.5. The average Bonchev–Trinajstić information content (AvgIpc) is 2.07. The second kappa shape index (κ2) is 4.61. The summed E-state index contributed by atoms with van der Waals surface area (Å²) in [5.74, 6) is 1.57. The molecule has 1 aliphatic carbocycles. The Morgan fingerprint density at radius 3 is 2.67 bits per heavy atom. The smallest absolute Gasteiger partial charge is 0.145 e. The van der Waals surface area contributed by atoms with Crippen molar-refractivity contribution in [3.8, 4) is 0 Å². The fourth-order valence-corrected chi connectivity index (χ4v) is 1.82. The van der Waals surface area contributed by atoms with Crippen molar-refractivity contribution < 1.29 is 9.53 Å². The van der Waals surface area contributed by atoms with Crippen LogP contribution in [0.1, 0.15) is 33.1 Å². The van der Waals surface area contributed by atoms with E-state index in [9.17, 15) is 4.79 Å². The Kier molecular flexibility index (Phi) is 3.73. The van der Waals surface area contributed by atoms with E-state index in [0.29, 0.717) is 6.10 Å². The van der Waals surface area contributed by atoms with Crippen LogP contribution in [0.3, 0.4) is 0 Å². The SMILES string of the molecule is CC1CCC(OCC=O)CC1C. The summed E-state index contributed by atoms with van der Waals surface area (Å²) < 4.78 is 5.38. The first-order valence-electron chi connectivity index (χ1n) is 4.79. The van der Waals surface area contributed by atoms with Gasteiger partial charge in [-0.05, 0) is 31.1 Å². The third-order valence-electron chi connectivity index (χ3n) is 2.95. The minimum absolute atomic E-state index is 0.270. The van der Waals surface area contributed by atoms with E-state index >= 15 is 0 Å². The molecule has 2 heteroatoms. The van der Waals surface area contributed by atoms with E-state index in [4.69, 9.17) is 4.74 Å². The molecule has 1 rings (SSSR count). The minimum atomic E-state index is 0.270. The molecule has 0 heterocycles. The zero-order valence-electron chi connectivity index (χ0n) is 7.95. The lowest BCUT2D eigenvalue weighted by Gasteiger charge is -2.31. The van der Waals surface area contributed by atoms with Gasteiger partial charge in [0, 0.05) is 0 Å². The molecule has 1 saturated carbocycles. The molecule has 2 nitrogen and oxygen atoms in total. The molecule has 12 heavy (non-hydrogen) atoms. The maximum Gasteiger partial charge on any atom is 0.145 e. The van der Waals surface area contributed by atoms with E-state index in [1.165, 1.54) is 6.42 Å². The predicted octanol–water partition coefficient (Wildman–Crippen LogP) is 2.03. The molecule has 0 aliphatic heterocycles. The van der Waals surface area contributed by atoms with Gasteiger partial charge in [-0.1, -0.05) is 13.8 Å². The van der Waals surface area contributed by atoms with Crippen LogP contribution in [-0.4, -0.2) is 19.0 Å². The molecule has 1 aliphatic rings. The lowest BCUT2D eigenvalue weighted by Crippen LogP contribution is -2.27. The van der Waals surface area contributed by atoms with E-state index < -0.39 is 0 Å². The number of carbonyl (C=O) groups excluding carboxylic acids is 1. The first-order chi connectivity index (χ1) is 5.74. The van der Waals surface area contributed by atoms with Gasteiger partial charge in [-0.3, -0.25) is 0 Å². The largest absolute Gasteiger partial charge is 0.371 e. The van der Waals surface area contributed by atoms with Crippen molar-refractivity contribution in [2.75, 3.05) is 6.61 Å². The molecular formula is C10H18O2. The Bertz CT molecular complexity index is 145. The van der Waals surface area contributed by atoms with E-state index in [1.807, 2.05) is 0 Å². The van der Waals surface area contributed by atoms with E-state index in [-0.39, 0.29) is 6.61 Å². The molecule has 0 aromatic rings. The number of hydrogen-bond donors (Lipinski definition) is 0. The summed E-state index contributed by atoms with van der Waals surface area (Å²) in [4.78, 5) is 10.1. The molecule has 0 aromatic carbocycles.